The van der Waals surface area contributed by atoms with Gasteiger partial charge in [-0.1, -0.05) is 84.9 Å². The summed E-state index contributed by atoms with van der Waals surface area (Å²) < 4.78 is 9.08. The molecule has 38 heavy (non-hydrogen) atoms. The molecule has 3 heteroatoms. The number of ether oxygens (including phenoxy) is 1. The van der Waals surface area contributed by atoms with Crippen LogP contribution in [0.1, 0.15) is 29.5 Å². The summed E-state index contributed by atoms with van der Waals surface area (Å²) in [5.41, 5.74) is 8.90. The Morgan fingerprint density at radius 3 is 2.13 bits per heavy atom. The Balaban J connectivity index is 1.26. The molecule has 0 spiro atoms. The van der Waals surface area contributed by atoms with Crippen molar-refractivity contribution < 1.29 is 4.74 Å². The second-order valence-electron chi connectivity index (χ2n) is 10.4. The summed E-state index contributed by atoms with van der Waals surface area (Å²) >= 11 is 0. The first kappa shape index (κ1) is 21.3. The van der Waals surface area contributed by atoms with E-state index in [1.807, 2.05) is 0 Å². The van der Waals surface area contributed by atoms with Crippen LogP contribution in [0.3, 0.4) is 0 Å². The van der Waals surface area contributed by atoms with E-state index in [9.17, 15) is 0 Å². The van der Waals surface area contributed by atoms with E-state index in [1.165, 1.54) is 38.5 Å². The molecule has 1 aliphatic heterocycles. The zero-order valence-corrected chi connectivity index (χ0v) is 21.1. The molecule has 5 aromatic carbocycles. The summed E-state index contributed by atoms with van der Waals surface area (Å²) in [4.78, 5) is 0. The first-order valence-corrected chi connectivity index (χ1v) is 13.2. The van der Waals surface area contributed by atoms with Crippen LogP contribution < -0.4 is 10.1 Å². The van der Waals surface area contributed by atoms with Crippen LogP contribution in [-0.4, -0.2) is 10.2 Å². The van der Waals surface area contributed by atoms with Gasteiger partial charge in [0.2, 0.25) is 0 Å². The zero-order chi connectivity index (χ0) is 25.3. The Kier molecular flexibility index (Phi) is 4.42. The van der Waals surface area contributed by atoms with Crippen LogP contribution in [0.5, 0.6) is 5.75 Å². The topological polar surface area (TPSA) is 26.2 Å². The van der Waals surface area contributed by atoms with E-state index in [2.05, 4.69) is 144 Å². The quantitative estimate of drug-likeness (QED) is 0.269. The lowest BCUT2D eigenvalue weighted by Crippen LogP contribution is -2.42. The monoisotopic (exact) mass is 490 g/mol. The smallest absolute Gasteiger partial charge is 0.157 e. The van der Waals surface area contributed by atoms with Gasteiger partial charge in [-0.3, -0.25) is 0 Å². The highest BCUT2D eigenvalue weighted by molar-refractivity contribution is 6.09. The second kappa shape index (κ2) is 7.87. The number of anilines is 1. The minimum absolute atomic E-state index is 0.128. The van der Waals surface area contributed by atoms with Gasteiger partial charge in [-0.15, -0.1) is 0 Å². The van der Waals surface area contributed by atoms with Crippen LogP contribution in [0.4, 0.5) is 5.69 Å². The highest BCUT2D eigenvalue weighted by Crippen LogP contribution is 2.54. The summed E-state index contributed by atoms with van der Waals surface area (Å²) in [5.74, 6) is 1.09. The molecule has 6 aromatic rings. The number of nitrogens with one attached hydrogen (secondary N) is 1. The standard InChI is InChI=1S/C35H26N2O/c1-35-33(21-23-11-2-3-14-26(23)34(35)29-17-6-9-20-32(29)38-35)36-24-12-10-13-25(22-24)37-30-18-7-4-15-27(30)28-16-5-8-19-31(28)37/h2-22,34,36H,1H3. The van der Waals surface area contributed by atoms with E-state index in [1.54, 1.807) is 0 Å². The Morgan fingerprint density at radius 1 is 0.684 bits per heavy atom. The van der Waals surface area contributed by atoms with Crippen molar-refractivity contribution in [2.75, 3.05) is 5.32 Å². The van der Waals surface area contributed by atoms with Crippen molar-refractivity contribution in [2.24, 2.45) is 0 Å². The number of hydrogen-bond acceptors (Lipinski definition) is 2. The van der Waals surface area contributed by atoms with Crippen LogP contribution in [0.2, 0.25) is 0 Å². The van der Waals surface area contributed by atoms with Crippen LogP contribution in [0.15, 0.2) is 127 Å². The number of hydrogen-bond donors (Lipinski definition) is 1. The maximum atomic E-state index is 6.72. The highest BCUT2D eigenvalue weighted by Gasteiger charge is 2.51. The number of para-hydroxylation sites is 3. The van der Waals surface area contributed by atoms with Crippen LogP contribution in [-0.2, 0) is 0 Å². The van der Waals surface area contributed by atoms with Crippen LogP contribution >= 0.6 is 0 Å². The second-order valence-corrected chi connectivity index (χ2v) is 10.4. The predicted octanol–water partition coefficient (Wildman–Crippen LogP) is 8.53. The number of nitrogens with zero attached hydrogens (tertiary/aromatic N) is 1. The third-order valence-electron chi connectivity index (χ3n) is 8.21. The molecule has 0 saturated carbocycles. The van der Waals surface area contributed by atoms with E-state index in [4.69, 9.17) is 4.74 Å². The molecule has 0 radical (unpaired) electrons. The van der Waals surface area contributed by atoms with E-state index < -0.39 is 5.60 Å². The molecule has 8 rings (SSSR count). The molecule has 2 unspecified atom stereocenters. The summed E-state index contributed by atoms with van der Waals surface area (Å²) in [6.07, 6.45) is 2.25. The Morgan fingerprint density at radius 2 is 1.34 bits per heavy atom. The molecule has 0 amide bonds. The van der Waals surface area contributed by atoms with Crippen LogP contribution in [0, 0.1) is 0 Å². The van der Waals surface area contributed by atoms with Gasteiger partial charge in [0, 0.05) is 27.7 Å². The molecule has 2 aliphatic rings. The first-order chi connectivity index (χ1) is 18.7. The third-order valence-corrected chi connectivity index (χ3v) is 8.21. The van der Waals surface area contributed by atoms with Crippen molar-refractivity contribution >= 4 is 33.6 Å². The molecular formula is C35H26N2O. The molecular weight excluding hydrogens is 464 g/mol. The van der Waals surface area contributed by atoms with Gasteiger partial charge >= 0.3 is 0 Å². The van der Waals surface area contributed by atoms with Gasteiger partial charge in [-0.2, -0.15) is 0 Å². The minimum atomic E-state index is -0.527. The number of rotatable bonds is 3. The third kappa shape index (κ3) is 2.96. The summed E-state index contributed by atoms with van der Waals surface area (Å²) in [6.45, 7) is 2.21. The van der Waals surface area contributed by atoms with Gasteiger partial charge < -0.3 is 14.6 Å². The summed E-state index contributed by atoms with van der Waals surface area (Å²) in [7, 11) is 0. The largest absolute Gasteiger partial charge is 0.480 e. The number of benzene rings is 5. The Hall–Kier alpha value is -4.76. The molecule has 2 atom stereocenters. The van der Waals surface area contributed by atoms with Crippen molar-refractivity contribution in [3.63, 3.8) is 0 Å². The van der Waals surface area contributed by atoms with Gasteiger partial charge in [-0.25, -0.2) is 0 Å². The van der Waals surface area contributed by atoms with Gasteiger partial charge in [0.05, 0.1) is 22.6 Å². The van der Waals surface area contributed by atoms with E-state index in [-0.39, 0.29) is 5.92 Å². The Bertz CT molecular complexity index is 1860. The van der Waals surface area contributed by atoms with E-state index in [0.717, 1.165) is 22.8 Å². The molecule has 0 bridgehead atoms. The van der Waals surface area contributed by atoms with Gasteiger partial charge in [-0.05, 0) is 60.5 Å². The normalized spacial score (nSPS) is 19.4. The fourth-order valence-electron chi connectivity index (χ4n) is 6.51. The molecule has 2 heterocycles. The van der Waals surface area contributed by atoms with Gasteiger partial charge in [0.25, 0.3) is 0 Å². The van der Waals surface area contributed by atoms with E-state index >= 15 is 0 Å². The highest BCUT2D eigenvalue weighted by atomic mass is 16.5. The first-order valence-electron chi connectivity index (χ1n) is 13.2. The number of aromatic nitrogens is 1. The average Bonchev–Trinajstić information content (AvgIpc) is 3.46. The SMILES string of the molecule is CC12Oc3ccccc3C1c1ccccc1C=C2Nc1cccc(-n2c3ccccc3c3ccccc32)c1. The maximum Gasteiger partial charge on any atom is 0.157 e. The number of fused-ring (bicyclic) bond motifs is 8. The molecule has 3 nitrogen and oxygen atoms in total. The fraction of sp³-hybridized carbons (Fsp3) is 0.0857. The maximum absolute atomic E-state index is 6.72. The minimum Gasteiger partial charge on any atom is -0.480 e. The van der Waals surface area contributed by atoms with Gasteiger partial charge in [0.1, 0.15) is 5.75 Å². The fourth-order valence-corrected chi connectivity index (χ4v) is 6.51. The molecule has 1 aliphatic carbocycles. The van der Waals surface area contributed by atoms with Gasteiger partial charge in [0.15, 0.2) is 5.60 Å². The lowest BCUT2D eigenvalue weighted by Gasteiger charge is -2.38. The lowest BCUT2D eigenvalue weighted by atomic mass is 9.73. The molecule has 1 aromatic heterocycles. The Labute approximate surface area is 221 Å². The molecule has 182 valence electrons. The van der Waals surface area contributed by atoms with Crippen molar-refractivity contribution in [3.8, 4) is 11.4 Å². The lowest BCUT2D eigenvalue weighted by molar-refractivity contribution is 0.141. The predicted molar refractivity (Wildman–Crippen MR) is 156 cm³/mol. The van der Waals surface area contributed by atoms with Crippen molar-refractivity contribution in [3.05, 3.63) is 144 Å². The summed E-state index contributed by atoms with van der Waals surface area (Å²) in [6, 6.07) is 43.1. The van der Waals surface area contributed by atoms with Crippen molar-refractivity contribution in [2.45, 2.75) is 18.4 Å². The van der Waals surface area contributed by atoms with Crippen LogP contribution in [0.25, 0.3) is 33.6 Å². The van der Waals surface area contributed by atoms with Crippen molar-refractivity contribution in [1.29, 1.82) is 0 Å². The average molecular weight is 491 g/mol. The molecule has 1 N–H and O–H groups in total. The zero-order valence-electron chi connectivity index (χ0n) is 21.1. The molecule has 0 saturated heterocycles. The van der Waals surface area contributed by atoms with E-state index in [0.29, 0.717) is 0 Å². The molecule has 0 fully saturated rings. The van der Waals surface area contributed by atoms with Crippen molar-refractivity contribution in [1.82, 2.24) is 4.57 Å². The summed E-state index contributed by atoms with van der Waals surface area (Å²) in [5, 5.41) is 6.32.